The molecular weight excluding hydrogens is 362 g/mol. The Labute approximate surface area is 151 Å². The molecule has 3 aromatic carbocycles. The Balaban J connectivity index is 2.13. The number of hydrogen-bond acceptors (Lipinski definition) is 2. The number of carbonyl (C=O) groups excluding carboxylic acids is 1. The van der Waals surface area contributed by atoms with Gasteiger partial charge in [0.05, 0.1) is 6.04 Å². The zero-order valence-electron chi connectivity index (χ0n) is 14.3. The number of carbonyl (C=O) groups is 1. The van der Waals surface area contributed by atoms with Crippen LogP contribution in [0.5, 0.6) is 0 Å². The van der Waals surface area contributed by atoms with E-state index in [0.29, 0.717) is 0 Å². The van der Waals surface area contributed by atoms with E-state index in [9.17, 15) is 4.79 Å². The Morgan fingerprint density at radius 2 is 1.67 bits per heavy atom. The summed E-state index contributed by atoms with van der Waals surface area (Å²) >= 11 is 3.65. The fourth-order valence-corrected chi connectivity index (χ4v) is 3.98. The van der Waals surface area contributed by atoms with Crippen LogP contribution in [0.15, 0.2) is 53.0 Å². The summed E-state index contributed by atoms with van der Waals surface area (Å²) in [5.74, 6) is 0.188. The summed E-state index contributed by atoms with van der Waals surface area (Å²) in [4.78, 5) is 15.1. The molecule has 0 saturated heterocycles. The number of rotatable bonds is 5. The minimum atomic E-state index is -0.0980. The smallest absolute Gasteiger partial charge is 0.179 e. The van der Waals surface area contributed by atoms with Gasteiger partial charge in [0.15, 0.2) is 5.78 Å². The van der Waals surface area contributed by atoms with Crippen molar-refractivity contribution < 1.29 is 4.79 Å². The molecule has 0 spiro atoms. The third-order valence-electron chi connectivity index (χ3n) is 4.83. The van der Waals surface area contributed by atoms with Gasteiger partial charge in [-0.1, -0.05) is 66.2 Å². The number of likely N-dealkylation sites (N-methyl/N-ethyl adjacent to an activating group) is 1. The Kier molecular flexibility index (Phi) is 5.02. The Morgan fingerprint density at radius 1 is 1.00 bits per heavy atom. The van der Waals surface area contributed by atoms with Gasteiger partial charge in [0.2, 0.25) is 0 Å². The number of halogens is 1. The lowest BCUT2D eigenvalue weighted by Crippen LogP contribution is -2.38. The lowest BCUT2D eigenvalue weighted by molar-refractivity contribution is 0.0851. The van der Waals surface area contributed by atoms with E-state index in [1.165, 1.54) is 10.8 Å². The van der Waals surface area contributed by atoms with Gasteiger partial charge in [-0.25, -0.2) is 0 Å². The SMILES string of the molecule is CCN(CC)C(C)C(=O)c1ccc2cc(Br)c3ccccc3c2c1. The van der Waals surface area contributed by atoms with E-state index in [4.69, 9.17) is 0 Å². The molecule has 0 radical (unpaired) electrons. The summed E-state index contributed by atoms with van der Waals surface area (Å²) in [6.07, 6.45) is 0. The van der Waals surface area contributed by atoms with Crippen molar-refractivity contribution in [1.29, 1.82) is 0 Å². The molecule has 1 atom stereocenters. The zero-order chi connectivity index (χ0) is 17.3. The van der Waals surface area contributed by atoms with Crippen molar-refractivity contribution in [3.63, 3.8) is 0 Å². The van der Waals surface area contributed by atoms with Crippen LogP contribution in [0.1, 0.15) is 31.1 Å². The second-order valence-electron chi connectivity index (χ2n) is 6.10. The van der Waals surface area contributed by atoms with Gasteiger partial charge in [0, 0.05) is 10.0 Å². The molecule has 0 saturated carbocycles. The molecule has 3 rings (SSSR count). The number of hydrogen-bond donors (Lipinski definition) is 0. The number of nitrogens with zero attached hydrogens (tertiary/aromatic N) is 1. The molecule has 3 aromatic rings. The van der Waals surface area contributed by atoms with Crippen molar-refractivity contribution in [2.45, 2.75) is 26.8 Å². The summed E-state index contributed by atoms with van der Waals surface area (Å²) in [5, 5.41) is 4.62. The molecule has 24 heavy (non-hydrogen) atoms. The molecule has 3 heteroatoms. The third-order valence-corrected chi connectivity index (χ3v) is 5.49. The maximum atomic E-state index is 12.9. The van der Waals surface area contributed by atoms with E-state index in [0.717, 1.165) is 33.9 Å². The third kappa shape index (κ3) is 2.99. The van der Waals surface area contributed by atoms with Crippen molar-refractivity contribution in [1.82, 2.24) is 4.90 Å². The highest BCUT2D eigenvalue weighted by atomic mass is 79.9. The van der Waals surface area contributed by atoms with Crippen LogP contribution in [0.4, 0.5) is 0 Å². The number of Topliss-reactive ketones (excluding diaryl/α,β-unsaturated/α-hetero) is 1. The standard InChI is InChI=1S/C21H22BrNO/c1-4-23(5-2)14(3)21(24)16-11-10-15-13-20(22)18-9-7-6-8-17(18)19(15)12-16/h6-14H,4-5H2,1-3H3. The largest absolute Gasteiger partial charge is 0.294 e. The summed E-state index contributed by atoms with van der Waals surface area (Å²) in [6.45, 7) is 7.95. The zero-order valence-corrected chi connectivity index (χ0v) is 15.9. The first-order valence-corrected chi connectivity index (χ1v) is 9.25. The topological polar surface area (TPSA) is 20.3 Å². The molecule has 0 aliphatic rings. The number of fused-ring (bicyclic) bond motifs is 3. The fraction of sp³-hybridized carbons (Fsp3) is 0.286. The monoisotopic (exact) mass is 383 g/mol. The van der Waals surface area contributed by atoms with E-state index in [-0.39, 0.29) is 11.8 Å². The molecule has 0 aliphatic heterocycles. The highest BCUT2D eigenvalue weighted by Crippen LogP contribution is 2.32. The molecule has 0 fully saturated rings. The maximum absolute atomic E-state index is 12.9. The molecule has 0 N–H and O–H groups in total. The molecule has 0 heterocycles. The van der Waals surface area contributed by atoms with E-state index < -0.39 is 0 Å². The van der Waals surface area contributed by atoms with E-state index in [1.54, 1.807) is 0 Å². The lowest BCUT2D eigenvalue weighted by atomic mass is 9.96. The highest BCUT2D eigenvalue weighted by molar-refractivity contribution is 9.10. The molecule has 124 valence electrons. The summed E-state index contributed by atoms with van der Waals surface area (Å²) in [6, 6.07) is 16.4. The Morgan fingerprint density at radius 3 is 2.33 bits per heavy atom. The van der Waals surface area contributed by atoms with Crippen molar-refractivity contribution >= 4 is 43.3 Å². The average molecular weight is 384 g/mol. The Hall–Kier alpha value is -1.71. The minimum Gasteiger partial charge on any atom is -0.294 e. The molecule has 0 bridgehead atoms. The average Bonchev–Trinajstić information content (AvgIpc) is 2.62. The summed E-state index contributed by atoms with van der Waals surface area (Å²) in [7, 11) is 0. The molecule has 2 nitrogen and oxygen atoms in total. The van der Waals surface area contributed by atoms with Gasteiger partial charge in [-0.05, 0) is 53.7 Å². The lowest BCUT2D eigenvalue weighted by Gasteiger charge is -2.25. The first-order valence-electron chi connectivity index (χ1n) is 8.46. The normalized spacial score (nSPS) is 12.9. The van der Waals surface area contributed by atoms with Crippen LogP contribution in [0.2, 0.25) is 0 Å². The summed E-state index contributed by atoms with van der Waals surface area (Å²) in [5.41, 5.74) is 0.786. The molecule has 1 unspecified atom stereocenters. The second-order valence-corrected chi connectivity index (χ2v) is 6.96. The van der Waals surface area contributed by atoms with Crippen LogP contribution < -0.4 is 0 Å². The minimum absolute atomic E-state index is 0.0980. The molecule has 0 aliphatic carbocycles. The van der Waals surface area contributed by atoms with Gasteiger partial charge in [-0.3, -0.25) is 9.69 Å². The first kappa shape index (κ1) is 17.1. The quantitative estimate of drug-likeness (QED) is 0.417. The van der Waals surface area contributed by atoms with Crippen LogP contribution in [-0.2, 0) is 0 Å². The molecule has 0 aromatic heterocycles. The van der Waals surface area contributed by atoms with Gasteiger partial charge >= 0.3 is 0 Å². The van der Waals surface area contributed by atoms with Gasteiger partial charge in [-0.2, -0.15) is 0 Å². The van der Waals surface area contributed by atoms with Crippen molar-refractivity contribution in [3.05, 3.63) is 58.6 Å². The molecular formula is C21H22BrNO. The van der Waals surface area contributed by atoms with Gasteiger partial charge < -0.3 is 0 Å². The Bertz CT molecular complexity index is 899. The second kappa shape index (κ2) is 7.04. The van der Waals surface area contributed by atoms with Crippen LogP contribution in [0, 0.1) is 0 Å². The van der Waals surface area contributed by atoms with E-state index in [2.05, 4.69) is 58.9 Å². The van der Waals surface area contributed by atoms with Crippen LogP contribution in [0.3, 0.4) is 0 Å². The van der Waals surface area contributed by atoms with E-state index in [1.807, 2.05) is 31.2 Å². The van der Waals surface area contributed by atoms with Crippen LogP contribution in [-0.4, -0.2) is 29.8 Å². The van der Waals surface area contributed by atoms with Crippen molar-refractivity contribution in [2.75, 3.05) is 13.1 Å². The van der Waals surface area contributed by atoms with Gasteiger partial charge in [0.1, 0.15) is 0 Å². The fourth-order valence-electron chi connectivity index (χ4n) is 3.39. The van der Waals surface area contributed by atoms with Crippen molar-refractivity contribution in [3.8, 4) is 0 Å². The van der Waals surface area contributed by atoms with Crippen LogP contribution >= 0.6 is 15.9 Å². The number of benzene rings is 3. The maximum Gasteiger partial charge on any atom is 0.179 e. The predicted molar refractivity (Wildman–Crippen MR) is 106 cm³/mol. The summed E-state index contributed by atoms with van der Waals surface area (Å²) < 4.78 is 1.08. The predicted octanol–water partition coefficient (Wildman–Crippen LogP) is 5.67. The van der Waals surface area contributed by atoms with E-state index >= 15 is 0 Å². The highest BCUT2D eigenvalue weighted by Gasteiger charge is 2.20. The number of ketones is 1. The van der Waals surface area contributed by atoms with Crippen LogP contribution in [0.25, 0.3) is 21.5 Å². The van der Waals surface area contributed by atoms with Gasteiger partial charge in [0.25, 0.3) is 0 Å². The van der Waals surface area contributed by atoms with Gasteiger partial charge in [-0.15, -0.1) is 0 Å². The van der Waals surface area contributed by atoms with Crippen molar-refractivity contribution in [2.24, 2.45) is 0 Å². The first-order chi connectivity index (χ1) is 11.6. The molecule has 0 amide bonds.